The highest BCUT2D eigenvalue weighted by molar-refractivity contribution is 5.92. The number of methoxy groups -OCH3 is 1. The highest BCUT2D eigenvalue weighted by Gasteiger charge is 2.12. The predicted octanol–water partition coefficient (Wildman–Crippen LogP) is 2.20. The standard InChI is InChI=1S/C17H22N4O2/c1-11(2)8-13-9-14(21-17(18)20-13)16(22)19-10-12-6-4-5-7-15(12)23-3/h4-7,9,11H,8,10H2,1-3H3,(H,19,22)(H2,18,20,21). The molecule has 0 aliphatic heterocycles. The monoisotopic (exact) mass is 314 g/mol. The molecule has 0 atom stereocenters. The molecule has 23 heavy (non-hydrogen) atoms. The molecule has 0 bridgehead atoms. The molecule has 2 aromatic rings. The van der Waals surface area contributed by atoms with Gasteiger partial charge in [0.1, 0.15) is 11.4 Å². The highest BCUT2D eigenvalue weighted by Crippen LogP contribution is 2.17. The van der Waals surface area contributed by atoms with E-state index in [1.807, 2.05) is 24.3 Å². The van der Waals surface area contributed by atoms with Crippen molar-refractivity contribution in [2.75, 3.05) is 12.8 Å². The van der Waals surface area contributed by atoms with Crippen LogP contribution in [0.4, 0.5) is 5.95 Å². The number of nitrogens with zero attached hydrogens (tertiary/aromatic N) is 2. The van der Waals surface area contributed by atoms with Crippen LogP contribution in [0, 0.1) is 5.92 Å². The molecule has 2 rings (SSSR count). The first-order valence-corrected chi connectivity index (χ1v) is 7.53. The lowest BCUT2D eigenvalue weighted by molar-refractivity contribution is 0.0945. The molecule has 0 saturated carbocycles. The maximum atomic E-state index is 12.3. The van der Waals surface area contributed by atoms with Crippen LogP contribution < -0.4 is 15.8 Å². The average Bonchev–Trinajstić information content (AvgIpc) is 2.51. The Bertz CT molecular complexity index is 686. The van der Waals surface area contributed by atoms with Gasteiger partial charge < -0.3 is 15.8 Å². The molecule has 1 aromatic heterocycles. The van der Waals surface area contributed by atoms with Crippen molar-refractivity contribution in [1.29, 1.82) is 0 Å². The summed E-state index contributed by atoms with van der Waals surface area (Å²) in [6.45, 7) is 4.52. The third-order valence-electron chi connectivity index (χ3n) is 3.28. The molecule has 0 saturated heterocycles. The third kappa shape index (κ3) is 4.67. The zero-order valence-corrected chi connectivity index (χ0v) is 13.7. The molecule has 122 valence electrons. The summed E-state index contributed by atoms with van der Waals surface area (Å²) in [6, 6.07) is 9.22. The van der Waals surface area contributed by atoms with Gasteiger partial charge in [0.2, 0.25) is 5.95 Å². The van der Waals surface area contributed by atoms with Gasteiger partial charge >= 0.3 is 0 Å². The lowest BCUT2D eigenvalue weighted by Gasteiger charge is -2.10. The van der Waals surface area contributed by atoms with E-state index in [0.717, 1.165) is 23.4 Å². The number of para-hydroxylation sites is 1. The molecule has 0 aliphatic rings. The van der Waals surface area contributed by atoms with Crippen molar-refractivity contribution in [3.8, 4) is 5.75 Å². The Labute approximate surface area is 136 Å². The smallest absolute Gasteiger partial charge is 0.270 e. The lowest BCUT2D eigenvalue weighted by atomic mass is 10.1. The van der Waals surface area contributed by atoms with E-state index in [1.165, 1.54) is 0 Å². The fourth-order valence-electron chi connectivity index (χ4n) is 2.27. The topological polar surface area (TPSA) is 90.1 Å². The third-order valence-corrected chi connectivity index (χ3v) is 3.28. The molecule has 0 unspecified atom stereocenters. The van der Waals surface area contributed by atoms with E-state index in [2.05, 4.69) is 29.1 Å². The minimum atomic E-state index is -0.282. The number of nitrogens with two attached hydrogens (primary N) is 1. The Hall–Kier alpha value is -2.63. The summed E-state index contributed by atoms with van der Waals surface area (Å²) < 4.78 is 5.27. The van der Waals surface area contributed by atoms with Crippen LogP contribution in [0.3, 0.4) is 0 Å². The first kappa shape index (κ1) is 16.7. The number of benzene rings is 1. The van der Waals surface area contributed by atoms with Crippen LogP contribution in [-0.4, -0.2) is 23.0 Å². The van der Waals surface area contributed by atoms with Gasteiger partial charge in [0.25, 0.3) is 5.91 Å². The molecule has 1 aromatic carbocycles. The quantitative estimate of drug-likeness (QED) is 0.853. The minimum Gasteiger partial charge on any atom is -0.496 e. The molecule has 0 radical (unpaired) electrons. The van der Waals surface area contributed by atoms with Crippen molar-refractivity contribution in [1.82, 2.24) is 15.3 Å². The van der Waals surface area contributed by atoms with Crippen LogP contribution in [-0.2, 0) is 13.0 Å². The predicted molar refractivity (Wildman–Crippen MR) is 89.2 cm³/mol. The number of ether oxygens (including phenoxy) is 1. The Kier molecular flexibility index (Phi) is 5.51. The van der Waals surface area contributed by atoms with Gasteiger partial charge in [0.15, 0.2) is 0 Å². The van der Waals surface area contributed by atoms with Crippen LogP contribution in [0.5, 0.6) is 5.75 Å². The number of nitrogens with one attached hydrogen (secondary N) is 1. The first-order valence-electron chi connectivity index (χ1n) is 7.53. The van der Waals surface area contributed by atoms with Gasteiger partial charge in [-0.3, -0.25) is 4.79 Å². The van der Waals surface area contributed by atoms with Crippen molar-refractivity contribution in [2.24, 2.45) is 5.92 Å². The van der Waals surface area contributed by atoms with E-state index < -0.39 is 0 Å². The number of nitrogen functional groups attached to an aromatic ring is 1. The molecule has 3 N–H and O–H groups in total. The highest BCUT2D eigenvalue weighted by atomic mass is 16.5. The molecule has 1 amide bonds. The van der Waals surface area contributed by atoms with Gasteiger partial charge in [0, 0.05) is 17.8 Å². The maximum absolute atomic E-state index is 12.3. The summed E-state index contributed by atoms with van der Waals surface area (Å²) in [5.74, 6) is 0.991. The van der Waals surface area contributed by atoms with E-state index in [4.69, 9.17) is 10.5 Å². The molecule has 1 heterocycles. The summed E-state index contributed by atoms with van der Waals surface area (Å²) in [5.41, 5.74) is 7.65. The van der Waals surface area contributed by atoms with Crippen molar-refractivity contribution in [3.05, 3.63) is 47.3 Å². The molecule has 6 heteroatoms. The van der Waals surface area contributed by atoms with Crippen LogP contribution in [0.1, 0.15) is 35.6 Å². The molecular weight excluding hydrogens is 292 g/mol. The minimum absolute atomic E-state index is 0.116. The van der Waals surface area contributed by atoms with Crippen molar-refractivity contribution in [3.63, 3.8) is 0 Å². The molecule has 6 nitrogen and oxygen atoms in total. The molecular formula is C17H22N4O2. The Morgan fingerprint density at radius 1 is 1.30 bits per heavy atom. The van der Waals surface area contributed by atoms with Gasteiger partial charge in [-0.15, -0.1) is 0 Å². The first-order chi connectivity index (χ1) is 11.0. The average molecular weight is 314 g/mol. The van der Waals surface area contributed by atoms with Crippen LogP contribution in [0.2, 0.25) is 0 Å². The number of amides is 1. The zero-order valence-electron chi connectivity index (χ0n) is 13.7. The number of rotatable bonds is 6. The number of hydrogen-bond acceptors (Lipinski definition) is 5. The Balaban J connectivity index is 2.10. The van der Waals surface area contributed by atoms with E-state index in [-0.39, 0.29) is 17.5 Å². The number of aromatic nitrogens is 2. The SMILES string of the molecule is COc1ccccc1CNC(=O)c1cc(CC(C)C)nc(N)n1. The van der Waals surface area contributed by atoms with Gasteiger partial charge in [-0.2, -0.15) is 0 Å². The summed E-state index contributed by atoms with van der Waals surface area (Å²) in [7, 11) is 1.60. The van der Waals surface area contributed by atoms with Gasteiger partial charge in [-0.1, -0.05) is 32.0 Å². The summed E-state index contributed by atoms with van der Waals surface area (Å²) >= 11 is 0. The largest absolute Gasteiger partial charge is 0.496 e. The Morgan fingerprint density at radius 2 is 2.04 bits per heavy atom. The van der Waals surface area contributed by atoms with Gasteiger partial charge in [-0.25, -0.2) is 9.97 Å². The van der Waals surface area contributed by atoms with Crippen molar-refractivity contribution >= 4 is 11.9 Å². The van der Waals surface area contributed by atoms with E-state index in [9.17, 15) is 4.79 Å². The number of anilines is 1. The number of carbonyl (C=O) groups excluding carboxylic acids is 1. The summed E-state index contributed by atoms with van der Waals surface area (Å²) in [6.07, 6.45) is 0.750. The maximum Gasteiger partial charge on any atom is 0.270 e. The fourth-order valence-corrected chi connectivity index (χ4v) is 2.27. The number of carbonyl (C=O) groups is 1. The normalized spacial score (nSPS) is 10.6. The van der Waals surface area contributed by atoms with E-state index in [0.29, 0.717) is 12.5 Å². The Morgan fingerprint density at radius 3 is 2.74 bits per heavy atom. The second-order valence-corrected chi connectivity index (χ2v) is 5.70. The number of hydrogen-bond donors (Lipinski definition) is 2. The lowest BCUT2D eigenvalue weighted by Crippen LogP contribution is -2.25. The van der Waals surface area contributed by atoms with Crippen molar-refractivity contribution in [2.45, 2.75) is 26.8 Å². The summed E-state index contributed by atoms with van der Waals surface area (Å²) in [5, 5.41) is 2.83. The van der Waals surface area contributed by atoms with Crippen LogP contribution in [0.25, 0.3) is 0 Å². The second-order valence-electron chi connectivity index (χ2n) is 5.70. The van der Waals surface area contributed by atoms with E-state index >= 15 is 0 Å². The molecule has 0 spiro atoms. The van der Waals surface area contributed by atoms with Crippen LogP contribution >= 0.6 is 0 Å². The van der Waals surface area contributed by atoms with Crippen molar-refractivity contribution < 1.29 is 9.53 Å². The van der Waals surface area contributed by atoms with Gasteiger partial charge in [-0.05, 0) is 24.5 Å². The summed E-state index contributed by atoms with van der Waals surface area (Å²) in [4.78, 5) is 20.5. The molecule has 0 aliphatic carbocycles. The second kappa shape index (κ2) is 7.58. The van der Waals surface area contributed by atoms with Gasteiger partial charge in [0.05, 0.1) is 7.11 Å². The van der Waals surface area contributed by atoms with Crippen LogP contribution in [0.15, 0.2) is 30.3 Å². The zero-order chi connectivity index (χ0) is 16.8. The fraction of sp³-hybridized carbons (Fsp3) is 0.353. The molecule has 0 fully saturated rings. The van der Waals surface area contributed by atoms with E-state index in [1.54, 1.807) is 13.2 Å².